The van der Waals surface area contributed by atoms with Crippen molar-refractivity contribution in [1.82, 2.24) is 14.9 Å². The Labute approximate surface area is 144 Å². The molecule has 0 fully saturated rings. The lowest BCUT2D eigenvalue weighted by atomic mass is 9.98. The second-order valence-corrected chi connectivity index (χ2v) is 7.02. The summed E-state index contributed by atoms with van der Waals surface area (Å²) in [4.78, 5) is 12.1. The number of aryl methyl sites for hydroxylation is 1. The molecule has 1 aromatic heterocycles. The maximum absolute atomic E-state index is 9.57. The van der Waals surface area contributed by atoms with Gasteiger partial charge in [-0.05, 0) is 43.1 Å². The summed E-state index contributed by atoms with van der Waals surface area (Å²) in [5.74, 6) is 1.92. The van der Waals surface area contributed by atoms with Gasteiger partial charge in [-0.2, -0.15) is 0 Å². The summed E-state index contributed by atoms with van der Waals surface area (Å²) in [6.45, 7) is 9.77. The highest BCUT2D eigenvalue weighted by Crippen LogP contribution is 2.29. The molecule has 2 heterocycles. The minimum Gasteiger partial charge on any atom is -0.508 e. The van der Waals surface area contributed by atoms with Crippen LogP contribution in [0.3, 0.4) is 0 Å². The largest absolute Gasteiger partial charge is 0.508 e. The zero-order valence-corrected chi connectivity index (χ0v) is 14.9. The Morgan fingerprint density at radius 3 is 2.58 bits per heavy atom. The first-order valence-electron chi connectivity index (χ1n) is 8.97. The molecule has 1 aliphatic rings. The molecule has 0 radical (unpaired) electrons. The SMILES string of the molecule is CCc1nc2c(c(-c3ccc(O)cc3)n1)CN(CCC(C)C)CC2. The third-order valence-electron chi connectivity index (χ3n) is 4.67. The molecule has 2 aromatic rings. The minimum atomic E-state index is 0.288. The molecule has 24 heavy (non-hydrogen) atoms. The molecule has 3 rings (SSSR count). The van der Waals surface area contributed by atoms with Crippen molar-refractivity contribution in [2.75, 3.05) is 13.1 Å². The van der Waals surface area contributed by atoms with E-state index >= 15 is 0 Å². The van der Waals surface area contributed by atoms with Crippen molar-refractivity contribution in [2.24, 2.45) is 5.92 Å². The van der Waals surface area contributed by atoms with Crippen LogP contribution >= 0.6 is 0 Å². The van der Waals surface area contributed by atoms with Gasteiger partial charge < -0.3 is 5.11 Å². The average molecular weight is 325 g/mol. The zero-order valence-electron chi connectivity index (χ0n) is 14.9. The van der Waals surface area contributed by atoms with Crippen LogP contribution in [0.5, 0.6) is 5.75 Å². The van der Waals surface area contributed by atoms with Crippen LogP contribution in [-0.2, 0) is 19.4 Å². The van der Waals surface area contributed by atoms with Crippen LogP contribution in [0.25, 0.3) is 11.3 Å². The number of fused-ring (bicyclic) bond motifs is 1. The summed E-state index contributed by atoms with van der Waals surface area (Å²) in [6.07, 6.45) is 3.06. The van der Waals surface area contributed by atoms with Crippen LogP contribution in [0.4, 0.5) is 0 Å². The second kappa shape index (κ2) is 7.31. The van der Waals surface area contributed by atoms with Crippen LogP contribution in [0, 0.1) is 5.92 Å². The topological polar surface area (TPSA) is 49.3 Å². The van der Waals surface area contributed by atoms with E-state index in [1.54, 1.807) is 12.1 Å². The predicted molar refractivity (Wildman–Crippen MR) is 96.9 cm³/mol. The maximum Gasteiger partial charge on any atom is 0.129 e. The molecule has 0 amide bonds. The van der Waals surface area contributed by atoms with E-state index in [1.165, 1.54) is 17.7 Å². The maximum atomic E-state index is 9.57. The standard InChI is InChI=1S/C20H27N3O/c1-4-19-21-18-10-12-23(11-9-14(2)3)13-17(18)20(22-19)15-5-7-16(24)8-6-15/h5-8,14,24H,4,9-13H2,1-3H3. The summed E-state index contributed by atoms with van der Waals surface area (Å²) >= 11 is 0. The van der Waals surface area contributed by atoms with Crippen LogP contribution in [0.2, 0.25) is 0 Å². The second-order valence-electron chi connectivity index (χ2n) is 7.02. The van der Waals surface area contributed by atoms with E-state index in [1.807, 2.05) is 12.1 Å². The van der Waals surface area contributed by atoms with Crippen molar-refractivity contribution in [1.29, 1.82) is 0 Å². The Kier molecular flexibility index (Phi) is 5.14. The van der Waals surface area contributed by atoms with Gasteiger partial charge in [0, 0.05) is 37.1 Å². The van der Waals surface area contributed by atoms with Crippen LogP contribution in [-0.4, -0.2) is 33.1 Å². The lowest BCUT2D eigenvalue weighted by molar-refractivity contribution is 0.237. The van der Waals surface area contributed by atoms with E-state index in [-0.39, 0.29) is 5.75 Å². The summed E-state index contributed by atoms with van der Waals surface area (Å²) in [5, 5.41) is 9.57. The molecule has 1 aromatic carbocycles. The smallest absolute Gasteiger partial charge is 0.129 e. The number of hydrogen-bond donors (Lipinski definition) is 1. The third-order valence-corrected chi connectivity index (χ3v) is 4.67. The van der Waals surface area contributed by atoms with Crippen LogP contribution < -0.4 is 0 Å². The molecule has 0 aliphatic carbocycles. The summed E-state index contributed by atoms with van der Waals surface area (Å²) in [7, 11) is 0. The first kappa shape index (κ1) is 16.9. The van der Waals surface area contributed by atoms with Crippen LogP contribution in [0.1, 0.15) is 44.3 Å². The highest BCUT2D eigenvalue weighted by atomic mass is 16.3. The number of phenolic OH excluding ortho intramolecular Hbond substituents is 1. The number of aromatic hydroxyl groups is 1. The summed E-state index contributed by atoms with van der Waals surface area (Å²) < 4.78 is 0. The molecule has 1 aliphatic heterocycles. The Morgan fingerprint density at radius 1 is 1.17 bits per heavy atom. The van der Waals surface area contributed by atoms with Gasteiger partial charge >= 0.3 is 0 Å². The van der Waals surface area contributed by atoms with Crippen molar-refractivity contribution in [3.8, 4) is 17.0 Å². The minimum absolute atomic E-state index is 0.288. The average Bonchev–Trinajstić information content (AvgIpc) is 2.59. The lowest BCUT2D eigenvalue weighted by Gasteiger charge is -2.30. The van der Waals surface area contributed by atoms with Gasteiger partial charge in [0.2, 0.25) is 0 Å². The number of rotatable bonds is 5. The Balaban J connectivity index is 1.95. The number of benzene rings is 1. The quantitative estimate of drug-likeness (QED) is 0.908. The molecular weight excluding hydrogens is 298 g/mol. The normalized spacial score (nSPS) is 14.8. The predicted octanol–water partition coefficient (Wildman–Crippen LogP) is 3.82. The lowest BCUT2D eigenvalue weighted by Crippen LogP contribution is -2.33. The van der Waals surface area contributed by atoms with E-state index in [2.05, 4.69) is 25.7 Å². The van der Waals surface area contributed by atoms with E-state index < -0.39 is 0 Å². The first-order valence-corrected chi connectivity index (χ1v) is 8.97. The van der Waals surface area contributed by atoms with Gasteiger partial charge in [0.25, 0.3) is 0 Å². The van der Waals surface area contributed by atoms with Gasteiger partial charge in [0.05, 0.1) is 11.4 Å². The number of hydrogen-bond acceptors (Lipinski definition) is 4. The van der Waals surface area contributed by atoms with Crippen molar-refractivity contribution >= 4 is 0 Å². The van der Waals surface area contributed by atoms with E-state index in [9.17, 15) is 5.11 Å². The monoisotopic (exact) mass is 325 g/mol. The molecular formula is C20H27N3O. The third kappa shape index (κ3) is 3.75. The molecule has 4 nitrogen and oxygen atoms in total. The molecule has 0 spiro atoms. The number of nitrogens with zero attached hydrogens (tertiary/aromatic N) is 3. The Morgan fingerprint density at radius 2 is 1.92 bits per heavy atom. The molecule has 0 unspecified atom stereocenters. The molecule has 1 N–H and O–H groups in total. The molecule has 4 heteroatoms. The molecule has 0 saturated carbocycles. The van der Waals surface area contributed by atoms with E-state index in [0.29, 0.717) is 0 Å². The molecule has 0 atom stereocenters. The van der Waals surface area contributed by atoms with Gasteiger partial charge in [-0.3, -0.25) is 4.90 Å². The van der Waals surface area contributed by atoms with Gasteiger partial charge in [0.1, 0.15) is 11.6 Å². The zero-order chi connectivity index (χ0) is 17.1. The van der Waals surface area contributed by atoms with Crippen molar-refractivity contribution in [3.05, 3.63) is 41.3 Å². The summed E-state index contributed by atoms with van der Waals surface area (Å²) in [5.41, 5.74) is 4.55. The Hall–Kier alpha value is -1.94. The van der Waals surface area contributed by atoms with Gasteiger partial charge in [-0.1, -0.05) is 20.8 Å². The van der Waals surface area contributed by atoms with Crippen molar-refractivity contribution < 1.29 is 5.11 Å². The molecule has 0 saturated heterocycles. The number of aromatic nitrogens is 2. The molecule has 128 valence electrons. The molecule has 0 bridgehead atoms. The van der Waals surface area contributed by atoms with Gasteiger partial charge in [-0.15, -0.1) is 0 Å². The fourth-order valence-corrected chi connectivity index (χ4v) is 3.17. The van der Waals surface area contributed by atoms with Gasteiger partial charge in [-0.25, -0.2) is 9.97 Å². The number of phenols is 1. The highest BCUT2D eigenvalue weighted by Gasteiger charge is 2.22. The van der Waals surface area contributed by atoms with Crippen molar-refractivity contribution in [3.63, 3.8) is 0 Å². The first-order chi connectivity index (χ1) is 11.6. The summed E-state index contributed by atoms with van der Waals surface area (Å²) in [6, 6.07) is 7.36. The van der Waals surface area contributed by atoms with E-state index in [4.69, 9.17) is 9.97 Å². The van der Waals surface area contributed by atoms with Gasteiger partial charge in [0.15, 0.2) is 0 Å². The fourth-order valence-electron chi connectivity index (χ4n) is 3.17. The van der Waals surface area contributed by atoms with E-state index in [0.717, 1.165) is 55.5 Å². The van der Waals surface area contributed by atoms with Crippen molar-refractivity contribution in [2.45, 2.75) is 46.6 Å². The highest BCUT2D eigenvalue weighted by molar-refractivity contribution is 5.65. The van der Waals surface area contributed by atoms with Crippen LogP contribution in [0.15, 0.2) is 24.3 Å². The Bertz CT molecular complexity index is 695. The fraction of sp³-hybridized carbons (Fsp3) is 0.500.